The molecule has 0 atom stereocenters. The Bertz CT molecular complexity index is 419. The van der Waals surface area contributed by atoms with Crippen molar-refractivity contribution in [2.24, 2.45) is 0 Å². The summed E-state index contributed by atoms with van der Waals surface area (Å²) in [6.45, 7) is 3.69. The molecule has 1 N–H and O–H groups in total. The summed E-state index contributed by atoms with van der Waals surface area (Å²) in [5, 5.41) is 3.68. The van der Waals surface area contributed by atoms with Gasteiger partial charge in [-0.3, -0.25) is 4.79 Å². The highest BCUT2D eigenvalue weighted by atomic mass is 35.5. The lowest BCUT2D eigenvalue weighted by Crippen LogP contribution is -2.57. The SMILES string of the molecule is Cc1ccc(C(=O)N(C)C2CNC2)c(Cl)c1.Cl. The van der Waals surface area contributed by atoms with Crippen molar-refractivity contribution in [2.75, 3.05) is 20.1 Å². The van der Waals surface area contributed by atoms with Crippen LogP contribution in [-0.4, -0.2) is 37.0 Å². The van der Waals surface area contributed by atoms with Gasteiger partial charge in [0.25, 0.3) is 5.91 Å². The Balaban J connectivity index is 0.00000144. The molecule has 1 aliphatic rings. The highest BCUT2D eigenvalue weighted by molar-refractivity contribution is 6.33. The van der Waals surface area contributed by atoms with Crippen molar-refractivity contribution in [3.05, 3.63) is 34.3 Å². The van der Waals surface area contributed by atoms with Crippen molar-refractivity contribution < 1.29 is 4.79 Å². The number of nitrogens with one attached hydrogen (secondary N) is 1. The van der Waals surface area contributed by atoms with Crippen molar-refractivity contribution in [3.8, 4) is 0 Å². The summed E-state index contributed by atoms with van der Waals surface area (Å²) in [5.41, 5.74) is 1.65. The second kappa shape index (κ2) is 5.71. The van der Waals surface area contributed by atoms with Crippen LogP contribution in [0.15, 0.2) is 18.2 Å². The largest absolute Gasteiger partial charge is 0.336 e. The normalized spacial score (nSPS) is 14.8. The highest BCUT2D eigenvalue weighted by Gasteiger charge is 2.26. The zero-order chi connectivity index (χ0) is 11.7. The average molecular weight is 275 g/mol. The minimum Gasteiger partial charge on any atom is -0.336 e. The summed E-state index contributed by atoms with van der Waals surface area (Å²) in [4.78, 5) is 13.9. The molecule has 0 spiro atoms. The maximum absolute atomic E-state index is 12.1. The van der Waals surface area contributed by atoms with Gasteiger partial charge in [0, 0.05) is 20.1 Å². The number of halogens is 2. The molecule has 1 fully saturated rings. The maximum atomic E-state index is 12.1. The Morgan fingerprint density at radius 2 is 2.12 bits per heavy atom. The molecular formula is C12H16Cl2N2O. The Hall–Kier alpha value is -0.770. The van der Waals surface area contributed by atoms with Crippen molar-refractivity contribution in [3.63, 3.8) is 0 Å². The van der Waals surface area contributed by atoms with Crippen LogP contribution in [0.25, 0.3) is 0 Å². The molecule has 0 unspecified atom stereocenters. The van der Waals surface area contributed by atoms with E-state index in [0.717, 1.165) is 18.7 Å². The Morgan fingerprint density at radius 3 is 2.59 bits per heavy atom. The molecule has 1 aromatic carbocycles. The van der Waals surface area contributed by atoms with Crippen molar-refractivity contribution in [1.82, 2.24) is 10.2 Å². The fraction of sp³-hybridized carbons (Fsp3) is 0.417. The van der Waals surface area contributed by atoms with E-state index in [1.807, 2.05) is 26.1 Å². The van der Waals surface area contributed by atoms with Crippen molar-refractivity contribution in [1.29, 1.82) is 0 Å². The van der Waals surface area contributed by atoms with Gasteiger partial charge in [0.15, 0.2) is 0 Å². The summed E-state index contributed by atoms with van der Waals surface area (Å²) >= 11 is 6.07. The first-order chi connectivity index (χ1) is 7.59. The first-order valence-electron chi connectivity index (χ1n) is 5.33. The Kier molecular flexibility index (Phi) is 4.80. The molecule has 94 valence electrons. The van der Waals surface area contributed by atoms with Crippen LogP contribution < -0.4 is 5.32 Å². The third-order valence-electron chi connectivity index (χ3n) is 2.98. The van der Waals surface area contributed by atoms with E-state index >= 15 is 0 Å². The lowest BCUT2D eigenvalue weighted by molar-refractivity contribution is 0.0681. The molecule has 0 aliphatic carbocycles. The number of likely N-dealkylation sites (N-methyl/N-ethyl adjacent to an activating group) is 1. The van der Waals surface area contributed by atoms with E-state index in [0.29, 0.717) is 16.6 Å². The lowest BCUT2D eigenvalue weighted by Gasteiger charge is -2.35. The highest BCUT2D eigenvalue weighted by Crippen LogP contribution is 2.20. The number of aryl methyl sites for hydroxylation is 1. The molecule has 0 saturated carbocycles. The molecule has 0 aromatic heterocycles. The molecule has 2 rings (SSSR count). The number of hydrogen-bond acceptors (Lipinski definition) is 2. The number of carbonyl (C=O) groups is 1. The molecule has 1 aromatic rings. The predicted molar refractivity (Wildman–Crippen MR) is 72.2 cm³/mol. The summed E-state index contributed by atoms with van der Waals surface area (Å²) in [7, 11) is 1.82. The van der Waals surface area contributed by atoms with E-state index in [1.54, 1.807) is 11.0 Å². The molecule has 1 heterocycles. The maximum Gasteiger partial charge on any atom is 0.255 e. The van der Waals surface area contributed by atoms with Gasteiger partial charge in [-0.1, -0.05) is 17.7 Å². The summed E-state index contributed by atoms with van der Waals surface area (Å²) in [6, 6.07) is 5.82. The summed E-state index contributed by atoms with van der Waals surface area (Å²) in [5.74, 6) is -0.00324. The van der Waals surface area contributed by atoms with E-state index < -0.39 is 0 Å². The molecule has 1 amide bonds. The van der Waals surface area contributed by atoms with E-state index in [9.17, 15) is 4.79 Å². The molecule has 0 radical (unpaired) electrons. The van der Waals surface area contributed by atoms with Gasteiger partial charge in [0.1, 0.15) is 0 Å². The van der Waals surface area contributed by atoms with Crippen LogP contribution in [0.5, 0.6) is 0 Å². The summed E-state index contributed by atoms with van der Waals surface area (Å²) in [6.07, 6.45) is 0. The molecular weight excluding hydrogens is 259 g/mol. The van der Waals surface area contributed by atoms with Crippen LogP contribution in [0.1, 0.15) is 15.9 Å². The number of nitrogens with zero attached hydrogens (tertiary/aromatic N) is 1. The van der Waals surface area contributed by atoms with Gasteiger partial charge in [-0.2, -0.15) is 0 Å². The second-order valence-corrected chi connectivity index (χ2v) is 4.62. The average Bonchev–Trinajstić information content (AvgIpc) is 2.14. The first-order valence-corrected chi connectivity index (χ1v) is 5.71. The van der Waals surface area contributed by atoms with Crippen molar-refractivity contribution in [2.45, 2.75) is 13.0 Å². The second-order valence-electron chi connectivity index (χ2n) is 4.21. The lowest BCUT2D eigenvalue weighted by atomic mass is 10.1. The van der Waals surface area contributed by atoms with Gasteiger partial charge in [0.05, 0.1) is 16.6 Å². The topological polar surface area (TPSA) is 32.3 Å². The smallest absolute Gasteiger partial charge is 0.255 e. The fourth-order valence-corrected chi connectivity index (χ4v) is 2.01. The van der Waals surface area contributed by atoms with E-state index in [1.165, 1.54) is 0 Å². The molecule has 5 heteroatoms. The molecule has 1 saturated heterocycles. The Morgan fingerprint density at radius 1 is 1.47 bits per heavy atom. The van der Waals surface area contributed by atoms with Crippen LogP contribution >= 0.6 is 24.0 Å². The van der Waals surface area contributed by atoms with Gasteiger partial charge in [-0.25, -0.2) is 0 Å². The quantitative estimate of drug-likeness (QED) is 0.896. The number of rotatable bonds is 2. The summed E-state index contributed by atoms with van der Waals surface area (Å²) < 4.78 is 0. The zero-order valence-corrected chi connectivity index (χ0v) is 11.4. The monoisotopic (exact) mass is 274 g/mol. The third-order valence-corrected chi connectivity index (χ3v) is 3.30. The van der Waals surface area contributed by atoms with Crippen LogP contribution in [0, 0.1) is 6.92 Å². The zero-order valence-electron chi connectivity index (χ0n) is 9.87. The van der Waals surface area contributed by atoms with Crippen LogP contribution in [0.4, 0.5) is 0 Å². The third kappa shape index (κ3) is 2.92. The van der Waals surface area contributed by atoms with E-state index in [4.69, 9.17) is 11.6 Å². The van der Waals surface area contributed by atoms with Gasteiger partial charge in [-0.15, -0.1) is 12.4 Å². The van der Waals surface area contributed by atoms with Gasteiger partial charge >= 0.3 is 0 Å². The van der Waals surface area contributed by atoms with Crippen molar-refractivity contribution >= 4 is 29.9 Å². The minimum absolute atomic E-state index is 0. The number of amides is 1. The van der Waals surface area contributed by atoms with Crippen LogP contribution in [0.2, 0.25) is 5.02 Å². The number of carbonyl (C=O) groups excluding carboxylic acids is 1. The van der Waals surface area contributed by atoms with Crippen LogP contribution in [-0.2, 0) is 0 Å². The van der Waals surface area contributed by atoms with Gasteiger partial charge in [-0.05, 0) is 24.6 Å². The predicted octanol–water partition coefficient (Wildman–Crippen LogP) is 2.11. The standard InChI is InChI=1S/C12H15ClN2O.ClH/c1-8-3-4-10(11(13)5-8)12(16)15(2)9-6-14-7-9;/h3-5,9,14H,6-7H2,1-2H3;1H. The van der Waals surface area contributed by atoms with Gasteiger partial charge < -0.3 is 10.2 Å². The van der Waals surface area contributed by atoms with E-state index in [-0.39, 0.29) is 18.3 Å². The van der Waals surface area contributed by atoms with Crippen LogP contribution in [0.3, 0.4) is 0 Å². The molecule has 0 bridgehead atoms. The molecule has 3 nitrogen and oxygen atoms in total. The number of benzene rings is 1. The number of hydrogen-bond donors (Lipinski definition) is 1. The molecule has 1 aliphatic heterocycles. The fourth-order valence-electron chi connectivity index (χ4n) is 1.70. The Labute approximate surface area is 113 Å². The first kappa shape index (κ1) is 14.3. The molecule has 17 heavy (non-hydrogen) atoms. The van der Waals surface area contributed by atoms with E-state index in [2.05, 4.69) is 5.32 Å². The van der Waals surface area contributed by atoms with Gasteiger partial charge in [0.2, 0.25) is 0 Å². The minimum atomic E-state index is -0.00324.